The van der Waals surface area contributed by atoms with Gasteiger partial charge in [-0.2, -0.15) is 0 Å². The third-order valence-corrected chi connectivity index (χ3v) is 3.25. The lowest BCUT2D eigenvalue weighted by atomic mass is 10.2. The van der Waals surface area contributed by atoms with Crippen LogP contribution in [0, 0.1) is 5.82 Å². The van der Waals surface area contributed by atoms with E-state index in [1.807, 2.05) is 18.2 Å². The number of para-hydroxylation sites is 1. The number of hydrogen-bond acceptors (Lipinski definition) is 5. The molecule has 1 aromatic heterocycles. The molecule has 3 aromatic rings. The van der Waals surface area contributed by atoms with Gasteiger partial charge < -0.3 is 15.2 Å². The van der Waals surface area contributed by atoms with Gasteiger partial charge in [-0.25, -0.2) is 4.39 Å². The summed E-state index contributed by atoms with van der Waals surface area (Å²) in [5.41, 5.74) is 8.00. The van der Waals surface area contributed by atoms with Crippen molar-refractivity contribution in [3.05, 3.63) is 54.1 Å². The SMILES string of the molecule is COc1cc(F)c(N)cc1OCc1cccc2nccnc12. The van der Waals surface area contributed by atoms with E-state index < -0.39 is 5.82 Å². The minimum atomic E-state index is -0.541. The normalized spacial score (nSPS) is 10.6. The van der Waals surface area contributed by atoms with Crippen molar-refractivity contribution in [3.63, 3.8) is 0 Å². The van der Waals surface area contributed by atoms with E-state index in [1.54, 1.807) is 12.4 Å². The fraction of sp³-hybridized carbons (Fsp3) is 0.125. The maximum atomic E-state index is 13.4. The van der Waals surface area contributed by atoms with Gasteiger partial charge in [0.25, 0.3) is 0 Å². The van der Waals surface area contributed by atoms with Gasteiger partial charge in [0.15, 0.2) is 11.5 Å². The summed E-state index contributed by atoms with van der Waals surface area (Å²) in [6, 6.07) is 8.27. The van der Waals surface area contributed by atoms with Crippen molar-refractivity contribution in [2.24, 2.45) is 0 Å². The molecular weight excluding hydrogens is 285 g/mol. The first-order chi connectivity index (χ1) is 10.7. The predicted octanol–water partition coefficient (Wildman–Crippen LogP) is 2.94. The molecule has 112 valence electrons. The average molecular weight is 299 g/mol. The van der Waals surface area contributed by atoms with E-state index in [0.717, 1.165) is 16.6 Å². The minimum absolute atomic E-state index is 0.00788. The number of hydrogen-bond donors (Lipinski definition) is 1. The predicted molar refractivity (Wildman–Crippen MR) is 81.2 cm³/mol. The van der Waals surface area contributed by atoms with Crippen molar-refractivity contribution in [2.45, 2.75) is 6.61 Å². The number of benzene rings is 2. The Bertz CT molecular complexity index is 818. The number of ether oxygens (including phenoxy) is 2. The Morgan fingerprint density at radius 3 is 2.77 bits per heavy atom. The molecule has 22 heavy (non-hydrogen) atoms. The number of fused-ring (bicyclic) bond motifs is 1. The Morgan fingerprint density at radius 1 is 1.14 bits per heavy atom. The van der Waals surface area contributed by atoms with Gasteiger partial charge >= 0.3 is 0 Å². The van der Waals surface area contributed by atoms with Gasteiger partial charge in [-0.3, -0.25) is 9.97 Å². The molecule has 0 saturated carbocycles. The third-order valence-electron chi connectivity index (χ3n) is 3.25. The summed E-state index contributed by atoms with van der Waals surface area (Å²) in [5.74, 6) is 0.126. The Balaban J connectivity index is 1.90. The lowest BCUT2D eigenvalue weighted by Gasteiger charge is -2.12. The van der Waals surface area contributed by atoms with Crippen LogP contribution in [-0.2, 0) is 6.61 Å². The van der Waals surface area contributed by atoms with Gasteiger partial charge in [0.2, 0.25) is 0 Å². The second-order valence-corrected chi connectivity index (χ2v) is 4.65. The largest absolute Gasteiger partial charge is 0.493 e. The van der Waals surface area contributed by atoms with Crippen molar-refractivity contribution in [1.82, 2.24) is 9.97 Å². The summed E-state index contributed by atoms with van der Waals surface area (Å²) in [6.07, 6.45) is 3.26. The zero-order valence-corrected chi connectivity index (χ0v) is 11.9. The molecule has 0 spiro atoms. The molecule has 0 saturated heterocycles. The highest BCUT2D eigenvalue weighted by atomic mass is 19.1. The van der Waals surface area contributed by atoms with Crippen molar-refractivity contribution in [2.75, 3.05) is 12.8 Å². The summed E-state index contributed by atoms with van der Waals surface area (Å²) >= 11 is 0. The Morgan fingerprint density at radius 2 is 1.95 bits per heavy atom. The highest BCUT2D eigenvalue weighted by Crippen LogP contribution is 2.32. The molecular formula is C16H14FN3O2. The molecule has 0 bridgehead atoms. The Kier molecular flexibility index (Phi) is 3.74. The molecule has 0 aliphatic carbocycles. The molecule has 0 amide bonds. The number of halogens is 1. The summed E-state index contributed by atoms with van der Waals surface area (Å²) in [6.45, 7) is 0.247. The van der Waals surface area contributed by atoms with E-state index in [-0.39, 0.29) is 18.0 Å². The molecule has 3 rings (SSSR count). The first kappa shape index (κ1) is 14.1. The molecule has 0 radical (unpaired) electrons. The van der Waals surface area contributed by atoms with Crippen LogP contribution in [0.1, 0.15) is 5.56 Å². The molecule has 6 heteroatoms. The van der Waals surface area contributed by atoms with Crippen LogP contribution >= 0.6 is 0 Å². The van der Waals surface area contributed by atoms with Crippen LogP contribution in [-0.4, -0.2) is 17.1 Å². The van der Waals surface area contributed by atoms with Crippen molar-refractivity contribution in [3.8, 4) is 11.5 Å². The number of anilines is 1. The quantitative estimate of drug-likeness (QED) is 0.750. The van der Waals surface area contributed by atoms with Crippen LogP contribution in [0.25, 0.3) is 11.0 Å². The number of nitrogen functional groups attached to an aromatic ring is 1. The van der Waals surface area contributed by atoms with E-state index in [0.29, 0.717) is 5.75 Å². The zero-order valence-electron chi connectivity index (χ0n) is 11.9. The number of nitrogens with zero attached hydrogens (tertiary/aromatic N) is 2. The second-order valence-electron chi connectivity index (χ2n) is 4.65. The van der Waals surface area contributed by atoms with Crippen LogP contribution in [0.5, 0.6) is 11.5 Å². The van der Waals surface area contributed by atoms with Crippen LogP contribution in [0.4, 0.5) is 10.1 Å². The van der Waals surface area contributed by atoms with Crippen molar-refractivity contribution in [1.29, 1.82) is 0 Å². The lowest BCUT2D eigenvalue weighted by molar-refractivity contribution is 0.284. The summed E-state index contributed by atoms with van der Waals surface area (Å²) in [4.78, 5) is 8.55. The maximum absolute atomic E-state index is 13.4. The van der Waals surface area contributed by atoms with Gasteiger partial charge in [-0.15, -0.1) is 0 Å². The molecule has 0 unspecified atom stereocenters. The van der Waals surface area contributed by atoms with Crippen molar-refractivity contribution >= 4 is 16.7 Å². The van der Waals surface area contributed by atoms with Crippen LogP contribution in [0.15, 0.2) is 42.7 Å². The third kappa shape index (κ3) is 2.63. The first-order valence-electron chi connectivity index (χ1n) is 6.63. The van der Waals surface area contributed by atoms with Gasteiger partial charge in [0, 0.05) is 30.1 Å². The molecule has 0 fully saturated rings. The molecule has 0 atom stereocenters. The molecule has 2 N–H and O–H groups in total. The molecule has 0 aliphatic heterocycles. The fourth-order valence-electron chi connectivity index (χ4n) is 2.15. The van der Waals surface area contributed by atoms with Gasteiger partial charge in [-0.1, -0.05) is 12.1 Å². The monoisotopic (exact) mass is 299 g/mol. The highest BCUT2D eigenvalue weighted by Gasteiger charge is 2.11. The van der Waals surface area contributed by atoms with E-state index in [2.05, 4.69) is 9.97 Å². The van der Waals surface area contributed by atoms with Crippen molar-refractivity contribution < 1.29 is 13.9 Å². The summed E-state index contributed by atoms with van der Waals surface area (Å²) in [7, 11) is 1.45. The van der Waals surface area contributed by atoms with Crippen LogP contribution in [0.2, 0.25) is 0 Å². The minimum Gasteiger partial charge on any atom is -0.493 e. The maximum Gasteiger partial charge on any atom is 0.163 e. The average Bonchev–Trinajstić information content (AvgIpc) is 2.55. The first-order valence-corrected chi connectivity index (χ1v) is 6.63. The van der Waals surface area contributed by atoms with Crippen LogP contribution < -0.4 is 15.2 Å². The molecule has 1 heterocycles. The van der Waals surface area contributed by atoms with E-state index in [9.17, 15) is 4.39 Å². The number of rotatable bonds is 4. The van der Waals surface area contributed by atoms with E-state index in [1.165, 1.54) is 19.2 Å². The molecule has 0 aliphatic rings. The number of methoxy groups -OCH3 is 1. The molecule has 5 nitrogen and oxygen atoms in total. The second kappa shape index (κ2) is 5.85. The van der Waals surface area contributed by atoms with Gasteiger partial charge in [-0.05, 0) is 6.07 Å². The summed E-state index contributed by atoms with van der Waals surface area (Å²) in [5, 5.41) is 0. The van der Waals surface area contributed by atoms with Crippen LogP contribution in [0.3, 0.4) is 0 Å². The van der Waals surface area contributed by atoms with E-state index in [4.69, 9.17) is 15.2 Å². The number of aromatic nitrogens is 2. The topological polar surface area (TPSA) is 70.3 Å². The Hall–Kier alpha value is -2.89. The van der Waals surface area contributed by atoms with Gasteiger partial charge in [0.05, 0.1) is 23.8 Å². The smallest absolute Gasteiger partial charge is 0.163 e. The Labute approximate surface area is 126 Å². The summed E-state index contributed by atoms with van der Waals surface area (Å²) < 4.78 is 24.3. The van der Waals surface area contributed by atoms with E-state index >= 15 is 0 Å². The highest BCUT2D eigenvalue weighted by molar-refractivity contribution is 5.77. The standard InChI is InChI=1S/C16H14FN3O2/c1-21-14-7-11(17)12(18)8-15(14)22-9-10-3-2-4-13-16(10)20-6-5-19-13/h2-8H,9,18H2,1H3. The lowest BCUT2D eigenvalue weighted by Crippen LogP contribution is -2.01. The molecule has 2 aromatic carbocycles. The number of nitrogens with two attached hydrogens (primary N) is 1. The fourth-order valence-corrected chi connectivity index (χ4v) is 2.15. The van der Waals surface area contributed by atoms with Gasteiger partial charge in [0.1, 0.15) is 12.4 Å². The zero-order chi connectivity index (χ0) is 15.5.